The lowest BCUT2D eigenvalue weighted by Crippen LogP contribution is -2.34. The van der Waals surface area contributed by atoms with E-state index in [2.05, 4.69) is 20.1 Å². The lowest BCUT2D eigenvalue weighted by molar-refractivity contribution is 0.0954. The van der Waals surface area contributed by atoms with E-state index in [4.69, 9.17) is 0 Å². The molecule has 3 rings (SSSR count). The first-order valence-corrected chi connectivity index (χ1v) is 9.00. The van der Waals surface area contributed by atoms with Crippen molar-refractivity contribution in [3.8, 4) is 0 Å². The summed E-state index contributed by atoms with van der Waals surface area (Å²) in [7, 11) is -3.65. The first-order chi connectivity index (χ1) is 11.9. The van der Waals surface area contributed by atoms with Crippen molar-refractivity contribution >= 4 is 27.1 Å². The van der Waals surface area contributed by atoms with Crippen LogP contribution in [-0.2, 0) is 10.0 Å². The molecule has 25 heavy (non-hydrogen) atoms. The highest BCUT2D eigenvalue weighted by molar-refractivity contribution is 7.92. The molecule has 3 N–H and O–H groups in total. The Labute approximate surface area is 142 Å². The van der Waals surface area contributed by atoms with E-state index in [-0.39, 0.29) is 17.9 Å². The van der Waals surface area contributed by atoms with Crippen molar-refractivity contribution in [1.82, 2.24) is 19.9 Å². The van der Waals surface area contributed by atoms with E-state index < -0.39 is 21.5 Å². The second-order valence-electron chi connectivity index (χ2n) is 5.21. The highest BCUT2D eigenvalue weighted by Crippen LogP contribution is 2.12. The number of aromatic nitrogens is 3. The molecule has 10 heteroatoms. The van der Waals surface area contributed by atoms with E-state index in [0.717, 1.165) is 5.52 Å². The highest BCUT2D eigenvalue weighted by Gasteiger charge is 2.14. The van der Waals surface area contributed by atoms with Crippen LogP contribution in [0.2, 0.25) is 0 Å². The van der Waals surface area contributed by atoms with Gasteiger partial charge in [-0.05, 0) is 30.3 Å². The van der Waals surface area contributed by atoms with Crippen molar-refractivity contribution in [2.45, 2.75) is 0 Å². The Bertz CT molecular complexity index is 1070. The minimum absolute atomic E-state index is 0.0703. The van der Waals surface area contributed by atoms with Crippen molar-refractivity contribution in [2.24, 2.45) is 0 Å². The van der Waals surface area contributed by atoms with Crippen molar-refractivity contribution in [3.05, 3.63) is 64.8 Å². The van der Waals surface area contributed by atoms with E-state index in [1.165, 1.54) is 18.3 Å². The molecule has 0 aliphatic carbocycles. The summed E-state index contributed by atoms with van der Waals surface area (Å²) in [4.78, 5) is 25.7. The molecule has 3 aromatic rings. The van der Waals surface area contributed by atoms with Gasteiger partial charge >= 0.3 is 0 Å². The van der Waals surface area contributed by atoms with Gasteiger partial charge in [-0.15, -0.1) is 0 Å². The van der Waals surface area contributed by atoms with Gasteiger partial charge in [-0.3, -0.25) is 14.3 Å². The fraction of sp³-hybridized carbons (Fsp3) is 0.133. The van der Waals surface area contributed by atoms with Crippen LogP contribution < -0.4 is 15.6 Å². The third-order valence-electron chi connectivity index (χ3n) is 3.39. The Balaban J connectivity index is 1.59. The van der Waals surface area contributed by atoms with Crippen molar-refractivity contribution in [1.29, 1.82) is 0 Å². The van der Waals surface area contributed by atoms with E-state index in [1.54, 1.807) is 35.1 Å². The maximum atomic E-state index is 12.1. The number of nitrogens with zero attached hydrogens (tertiary/aromatic N) is 2. The van der Waals surface area contributed by atoms with Crippen LogP contribution in [0.15, 0.2) is 53.7 Å². The maximum Gasteiger partial charge on any atom is 0.260 e. The molecule has 3 heterocycles. The number of carbonyl (C=O) groups excluding carboxylic acids is 1. The number of amides is 1. The zero-order valence-electron chi connectivity index (χ0n) is 13.0. The summed E-state index contributed by atoms with van der Waals surface area (Å²) in [6.07, 6.45) is 4.65. The lowest BCUT2D eigenvalue weighted by atomic mass is 10.2. The minimum atomic E-state index is -3.65. The number of aromatic amines is 1. The number of hydrogen-bond donors (Lipinski definition) is 3. The van der Waals surface area contributed by atoms with Crippen LogP contribution in [0.25, 0.3) is 5.52 Å². The van der Waals surface area contributed by atoms with Crippen LogP contribution in [-0.4, -0.2) is 41.2 Å². The molecule has 0 saturated heterocycles. The number of nitrogens with one attached hydrogen (secondary N) is 3. The van der Waals surface area contributed by atoms with Gasteiger partial charge in [0, 0.05) is 25.1 Å². The van der Waals surface area contributed by atoms with Gasteiger partial charge in [0.15, 0.2) is 0 Å². The predicted molar refractivity (Wildman–Crippen MR) is 92.0 cm³/mol. The van der Waals surface area contributed by atoms with Gasteiger partial charge in [0.25, 0.3) is 11.5 Å². The first kappa shape index (κ1) is 16.7. The standard InChI is InChI=1S/C15H15N5O4S/c21-14-13(2-1-5-16-14)15(22)17-7-9-25(23,24)19-11-4-8-20-12(10-11)3-6-18-20/h1-6,8,10,19H,7,9H2,(H,16,21)(H,17,22). The van der Waals surface area contributed by atoms with E-state index in [0.29, 0.717) is 5.69 Å². The van der Waals surface area contributed by atoms with Gasteiger partial charge in [-0.1, -0.05) is 0 Å². The van der Waals surface area contributed by atoms with E-state index in [1.807, 2.05) is 0 Å². The summed E-state index contributed by atoms with van der Waals surface area (Å²) in [6, 6.07) is 7.85. The second-order valence-corrected chi connectivity index (χ2v) is 7.05. The summed E-state index contributed by atoms with van der Waals surface area (Å²) < 4.78 is 28.3. The molecule has 0 fully saturated rings. The Kier molecular flexibility index (Phi) is 4.52. The lowest BCUT2D eigenvalue weighted by Gasteiger charge is -2.09. The molecule has 9 nitrogen and oxygen atoms in total. The summed E-state index contributed by atoms with van der Waals surface area (Å²) in [5.41, 5.74) is 0.546. The molecule has 130 valence electrons. The molecule has 0 spiro atoms. The normalized spacial score (nSPS) is 11.4. The zero-order valence-corrected chi connectivity index (χ0v) is 13.8. The summed E-state index contributed by atoms with van der Waals surface area (Å²) in [5, 5.41) is 6.44. The highest BCUT2D eigenvalue weighted by atomic mass is 32.2. The van der Waals surface area contributed by atoms with Crippen molar-refractivity contribution in [3.63, 3.8) is 0 Å². The number of sulfonamides is 1. The molecule has 0 saturated carbocycles. The molecular weight excluding hydrogens is 346 g/mol. The Morgan fingerprint density at radius 2 is 2.12 bits per heavy atom. The van der Waals surface area contributed by atoms with Gasteiger partial charge < -0.3 is 10.3 Å². The van der Waals surface area contributed by atoms with Crippen LogP contribution in [0.4, 0.5) is 5.69 Å². The molecule has 0 atom stereocenters. The molecule has 0 unspecified atom stereocenters. The van der Waals surface area contributed by atoms with Crippen LogP contribution in [0.3, 0.4) is 0 Å². The Morgan fingerprint density at radius 3 is 2.92 bits per heavy atom. The van der Waals surface area contributed by atoms with Crippen LogP contribution in [0, 0.1) is 0 Å². The molecule has 0 aliphatic heterocycles. The summed E-state index contributed by atoms with van der Waals surface area (Å²) >= 11 is 0. The second kappa shape index (κ2) is 6.77. The number of H-pyrrole nitrogens is 1. The topological polar surface area (TPSA) is 125 Å². The number of anilines is 1. The van der Waals surface area contributed by atoms with E-state index >= 15 is 0 Å². The monoisotopic (exact) mass is 361 g/mol. The third kappa shape index (κ3) is 4.04. The SMILES string of the molecule is O=C(NCCS(=O)(=O)Nc1ccn2nccc2c1)c1ccc[nH]c1=O. The number of fused-ring (bicyclic) bond motifs is 1. The molecule has 3 aromatic heterocycles. The van der Waals surface area contributed by atoms with E-state index in [9.17, 15) is 18.0 Å². The quantitative estimate of drug-likeness (QED) is 0.578. The Morgan fingerprint density at radius 1 is 1.28 bits per heavy atom. The van der Waals surface area contributed by atoms with Gasteiger partial charge in [-0.25, -0.2) is 12.9 Å². The average molecular weight is 361 g/mol. The first-order valence-electron chi connectivity index (χ1n) is 7.34. The zero-order chi connectivity index (χ0) is 17.9. The molecule has 0 bridgehead atoms. The van der Waals surface area contributed by atoms with Crippen LogP contribution in [0.1, 0.15) is 10.4 Å². The smallest absolute Gasteiger partial charge is 0.260 e. The number of rotatable bonds is 6. The molecule has 0 radical (unpaired) electrons. The maximum absolute atomic E-state index is 12.1. The van der Waals surface area contributed by atoms with Gasteiger partial charge in [0.2, 0.25) is 10.0 Å². The van der Waals surface area contributed by atoms with Crippen molar-refractivity contribution < 1.29 is 13.2 Å². The summed E-state index contributed by atoms with van der Waals surface area (Å²) in [5.74, 6) is -0.953. The van der Waals surface area contributed by atoms with Crippen molar-refractivity contribution in [2.75, 3.05) is 17.0 Å². The van der Waals surface area contributed by atoms with Crippen LogP contribution in [0.5, 0.6) is 0 Å². The Hall–Kier alpha value is -3.14. The average Bonchev–Trinajstić information content (AvgIpc) is 3.02. The molecular formula is C15H15N5O4S. The van der Waals surface area contributed by atoms with Gasteiger partial charge in [0.05, 0.1) is 17.0 Å². The number of pyridine rings is 2. The number of carbonyl (C=O) groups is 1. The third-order valence-corrected chi connectivity index (χ3v) is 4.68. The molecule has 0 aromatic carbocycles. The molecule has 0 aliphatic rings. The van der Waals surface area contributed by atoms with Gasteiger partial charge in [0.1, 0.15) is 5.56 Å². The minimum Gasteiger partial charge on any atom is -0.351 e. The fourth-order valence-electron chi connectivity index (χ4n) is 2.21. The predicted octanol–water partition coefficient (Wildman–Crippen LogP) is 0.194. The molecule has 1 amide bonds. The fourth-order valence-corrected chi connectivity index (χ4v) is 3.17. The summed E-state index contributed by atoms with van der Waals surface area (Å²) in [6.45, 7) is -0.128. The van der Waals surface area contributed by atoms with Crippen LogP contribution >= 0.6 is 0 Å². The van der Waals surface area contributed by atoms with Gasteiger partial charge in [-0.2, -0.15) is 5.10 Å². The number of hydrogen-bond acceptors (Lipinski definition) is 5. The largest absolute Gasteiger partial charge is 0.351 e.